The SMILES string of the molecule is N[C@H]1C[C@H](OC(=O)c2ccc([N+](=O)[O-])cc2)C1.O=C(O)C(F)(F)F. The number of esters is 1. The molecule has 24 heavy (non-hydrogen) atoms. The molecule has 1 aliphatic carbocycles. The molecule has 11 heteroatoms. The first kappa shape index (κ1) is 19.4. The van der Waals surface area contributed by atoms with Crippen LogP contribution >= 0.6 is 0 Å². The monoisotopic (exact) mass is 350 g/mol. The van der Waals surface area contributed by atoms with Crippen molar-refractivity contribution in [2.24, 2.45) is 5.73 Å². The summed E-state index contributed by atoms with van der Waals surface area (Å²) in [6.45, 7) is 0. The van der Waals surface area contributed by atoms with E-state index >= 15 is 0 Å². The molecular weight excluding hydrogens is 337 g/mol. The Morgan fingerprint density at radius 1 is 1.25 bits per heavy atom. The number of rotatable bonds is 3. The fourth-order valence-corrected chi connectivity index (χ4v) is 1.64. The molecule has 132 valence electrons. The van der Waals surface area contributed by atoms with Crippen LogP contribution in [0.5, 0.6) is 0 Å². The van der Waals surface area contributed by atoms with E-state index < -0.39 is 23.0 Å². The molecule has 3 N–H and O–H groups in total. The van der Waals surface area contributed by atoms with E-state index in [0.717, 1.165) is 0 Å². The summed E-state index contributed by atoms with van der Waals surface area (Å²) in [6.07, 6.45) is -3.84. The van der Waals surface area contributed by atoms with Gasteiger partial charge in [0.15, 0.2) is 0 Å². The molecule has 0 unspecified atom stereocenters. The van der Waals surface area contributed by atoms with E-state index in [0.29, 0.717) is 18.4 Å². The van der Waals surface area contributed by atoms with Gasteiger partial charge in [-0.2, -0.15) is 13.2 Å². The van der Waals surface area contributed by atoms with Crippen molar-refractivity contribution < 1.29 is 37.5 Å². The second-order valence-corrected chi connectivity index (χ2v) is 4.87. The zero-order valence-corrected chi connectivity index (χ0v) is 12.0. The summed E-state index contributed by atoms with van der Waals surface area (Å²) in [7, 11) is 0. The predicted octanol–water partition coefficient (Wildman–Crippen LogP) is 1.87. The van der Waals surface area contributed by atoms with Crippen LogP contribution in [0.25, 0.3) is 0 Å². The van der Waals surface area contributed by atoms with Crippen molar-refractivity contribution in [1.82, 2.24) is 0 Å². The van der Waals surface area contributed by atoms with Gasteiger partial charge in [-0.1, -0.05) is 0 Å². The van der Waals surface area contributed by atoms with Gasteiger partial charge in [-0.3, -0.25) is 10.1 Å². The summed E-state index contributed by atoms with van der Waals surface area (Å²) in [5.74, 6) is -3.22. The number of nitro benzene ring substituents is 1. The maximum atomic E-state index is 11.6. The fraction of sp³-hybridized carbons (Fsp3) is 0.385. The maximum Gasteiger partial charge on any atom is 0.490 e. The summed E-state index contributed by atoms with van der Waals surface area (Å²) < 4.78 is 36.9. The molecule has 1 aromatic carbocycles. The third kappa shape index (κ3) is 5.83. The highest BCUT2D eigenvalue weighted by Crippen LogP contribution is 2.23. The van der Waals surface area contributed by atoms with Crippen LogP contribution in [0.3, 0.4) is 0 Å². The number of halogens is 3. The van der Waals surface area contributed by atoms with Crippen molar-refractivity contribution in [1.29, 1.82) is 0 Å². The van der Waals surface area contributed by atoms with E-state index in [2.05, 4.69) is 0 Å². The lowest BCUT2D eigenvalue weighted by Crippen LogP contribution is -2.42. The van der Waals surface area contributed by atoms with Gasteiger partial charge >= 0.3 is 18.1 Å². The number of carbonyl (C=O) groups is 2. The number of hydrogen-bond donors (Lipinski definition) is 2. The summed E-state index contributed by atoms with van der Waals surface area (Å²) >= 11 is 0. The highest BCUT2D eigenvalue weighted by Gasteiger charge is 2.38. The number of hydrogen-bond acceptors (Lipinski definition) is 6. The lowest BCUT2D eigenvalue weighted by Gasteiger charge is -2.31. The van der Waals surface area contributed by atoms with E-state index in [1.165, 1.54) is 24.3 Å². The summed E-state index contributed by atoms with van der Waals surface area (Å²) in [5, 5.41) is 17.6. The molecule has 8 nitrogen and oxygen atoms in total. The van der Waals surface area contributed by atoms with Gasteiger partial charge in [-0.05, 0) is 25.0 Å². The van der Waals surface area contributed by atoms with Crippen LogP contribution < -0.4 is 5.73 Å². The smallest absolute Gasteiger partial charge is 0.475 e. The average molecular weight is 350 g/mol. The van der Waals surface area contributed by atoms with Crippen LogP contribution in [0.1, 0.15) is 23.2 Å². The van der Waals surface area contributed by atoms with Gasteiger partial charge in [0.05, 0.1) is 10.5 Å². The molecule has 0 atom stereocenters. The van der Waals surface area contributed by atoms with Gasteiger partial charge in [0.1, 0.15) is 6.10 Å². The minimum Gasteiger partial charge on any atom is -0.475 e. The number of nitrogens with zero attached hydrogens (tertiary/aromatic N) is 1. The van der Waals surface area contributed by atoms with Gasteiger partial charge in [0, 0.05) is 18.2 Å². The third-order valence-corrected chi connectivity index (χ3v) is 2.96. The van der Waals surface area contributed by atoms with Crippen molar-refractivity contribution >= 4 is 17.6 Å². The molecule has 0 aliphatic heterocycles. The zero-order chi connectivity index (χ0) is 18.5. The molecule has 0 saturated heterocycles. The number of ether oxygens (including phenoxy) is 1. The normalized spacial score (nSPS) is 19.3. The number of benzene rings is 1. The van der Waals surface area contributed by atoms with Crippen LogP contribution in [0.2, 0.25) is 0 Å². The molecule has 1 aromatic rings. The standard InChI is InChI=1S/C11H12N2O4.C2HF3O2/c12-8-5-10(6-8)17-11(14)7-1-3-9(4-2-7)13(15)16;3-2(4,5)1(6)7/h1-4,8,10H,5-6,12H2;(H,6,7)/t8-,10-;. The number of nitrogens with two attached hydrogens (primary N) is 1. The van der Waals surface area contributed by atoms with Crippen LogP contribution in [-0.4, -0.2) is 40.3 Å². The predicted molar refractivity (Wildman–Crippen MR) is 73.2 cm³/mol. The molecular formula is C13H13F3N2O6. The van der Waals surface area contributed by atoms with Crippen LogP contribution in [0.15, 0.2) is 24.3 Å². The molecule has 0 radical (unpaired) electrons. The Labute approximate surface area is 133 Å². The fourth-order valence-electron chi connectivity index (χ4n) is 1.64. The van der Waals surface area contributed by atoms with E-state index in [9.17, 15) is 28.1 Å². The number of carboxylic acids is 1. The molecule has 1 fully saturated rings. The second kappa shape index (κ2) is 7.73. The van der Waals surface area contributed by atoms with Crippen molar-refractivity contribution in [2.45, 2.75) is 31.2 Å². The highest BCUT2D eigenvalue weighted by atomic mass is 19.4. The second-order valence-electron chi connectivity index (χ2n) is 4.87. The van der Waals surface area contributed by atoms with Crippen LogP contribution in [-0.2, 0) is 9.53 Å². The Bertz CT molecular complexity index is 611. The van der Waals surface area contributed by atoms with Crippen LogP contribution in [0.4, 0.5) is 18.9 Å². The average Bonchev–Trinajstić information content (AvgIpc) is 2.45. The lowest BCUT2D eigenvalue weighted by molar-refractivity contribution is -0.384. The molecule has 0 bridgehead atoms. The maximum absolute atomic E-state index is 11.6. The zero-order valence-electron chi connectivity index (χ0n) is 12.0. The first-order valence-electron chi connectivity index (χ1n) is 6.52. The Balaban J connectivity index is 0.000000351. The van der Waals surface area contributed by atoms with E-state index in [4.69, 9.17) is 20.4 Å². The minimum atomic E-state index is -5.08. The number of non-ortho nitro benzene ring substituents is 1. The largest absolute Gasteiger partial charge is 0.490 e. The van der Waals surface area contributed by atoms with Gasteiger partial charge in [-0.25, -0.2) is 9.59 Å². The minimum absolute atomic E-state index is 0.0489. The Morgan fingerprint density at radius 2 is 1.71 bits per heavy atom. The lowest BCUT2D eigenvalue weighted by atomic mass is 9.90. The molecule has 0 spiro atoms. The topological polar surface area (TPSA) is 133 Å². The third-order valence-electron chi connectivity index (χ3n) is 2.96. The Morgan fingerprint density at radius 3 is 2.04 bits per heavy atom. The number of nitro groups is 1. The number of carboxylic acid groups (broad SMARTS) is 1. The molecule has 1 aliphatic rings. The Kier molecular flexibility index (Phi) is 6.23. The first-order valence-corrected chi connectivity index (χ1v) is 6.52. The van der Waals surface area contributed by atoms with Crippen LogP contribution in [0, 0.1) is 10.1 Å². The van der Waals surface area contributed by atoms with Crippen molar-refractivity contribution in [3.05, 3.63) is 39.9 Å². The van der Waals surface area contributed by atoms with E-state index in [1.807, 2.05) is 0 Å². The van der Waals surface area contributed by atoms with Gasteiger partial charge in [0.2, 0.25) is 0 Å². The quantitative estimate of drug-likeness (QED) is 0.483. The van der Waals surface area contributed by atoms with Crippen molar-refractivity contribution in [2.75, 3.05) is 0 Å². The van der Waals surface area contributed by atoms with Gasteiger partial charge < -0.3 is 15.6 Å². The van der Waals surface area contributed by atoms with Gasteiger partial charge in [-0.15, -0.1) is 0 Å². The summed E-state index contributed by atoms with van der Waals surface area (Å²) in [4.78, 5) is 30.4. The Hall–Kier alpha value is -2.69. The summed E-state index contributed by atoms with van der Waals surface area (Å²) in [6, 6.07) is 5.45. The van der Waals surface area contributed by atoms with E-state index in [1.54, 1.807) is 0 Å². The van der Waals surface area contributed by atoms with Crippen molar-refractivity contribution in [3.63, 3.8) is 0 Å². The summed E-state index contributed by atoms with van der Waals surface area (Å²) in [5.41, 5.74) is 5.84. The highest BCUT2D eigenvalue weighted by molar-refractivity contribution is 5.89. The first-order chi connectivity index (χ1) is 11.0. The van der Waals surface area contributed by atoms with Crippen molar-refractivity contribution in [3.8, 4) is 0 Å². The molecule has 2 rings (SSSR count). The molecule has 0 heterocycles. The van der Waals surface area contributed by atoms with E-state index in [-0.39, 0.29) is 17.8 Å². The molecule has 0 aromatic heterocycles. The number of aliphatic carboxylic acids is 1. The number of carbonyl (C=O) groups excluding carboxylic acids is 1. The number of alkyl halides is 3. The molecule has 0 amide bonds. The molecule has 1 saturated carbocycles. The van der Waals surface area contributed by atoms with Gasteiger partial charge in [0.25, 0.3) is 5.69 Å².